The van der Waals surface area contributed by atoms with E-state index >= 15 is 0 Å². The molecule has 0 unspecified atom stereocenters. The van der Waals surface area contributed by atoms with Gasteiger partial charge in [-0.2, -0.15) is 5.10 Å². The van der Waals surface area contributed by atoms with Crippen LogP contribution in [0.3, 0.4) is 0 Å². The Morgan fingerprint density at radius 3 is 2.46 bits per heavy atom. The van der Waals surface area contributed by atoms with Crippen LogP contribution in [0.5, 0.6) is 0 Å². The molecule has 3 amide bonds. The zero-order valence-corrected chi connectivity index (χ0v) is 19.7. The molecule has 0 radical (unpaired) electrons. The number of likely N-dealkylation sites (tertiary alicyclic amines) is 1. The molecule has 188 valence electrons. The van der Waals surface area contributed by atoms with E-state index in [9.17, 15) is 24.6 Å². The van der Waals surface area contributed by atoms with Gasteiger partial charge in [-0.1, -0.05) is 49.6 Å². The molecule has 1 aromatic carbocycles. The summed E-state index contributed by atoms with van der Waals surface area (Å²) in [6.07, 6.45) is 3.01. The standard InChI is InChI=1S/C26H33N3O6/c30-20-13-19(27-28-26(34)35-14-15-7-3-1-4-8-15)17-11-12-18-22(21(17)23(20)31)25(33)29(24(18)32)16-9-5-2-6-10-16/h1,3-4,7-8,16-18,20-23,30-31H,2,5-6,9-14H2,(H,28,34)/t17-,18+,20+,21-,22+,23+/m0/s1. The van der Waals surface area contributed by atoms with Crippen LogP contribution in [0.25, 0.3) is 0 Å². The van der Waals surface area contributed by atoms with Crippen LogP contribution in [0.1, 0.15) is 56.9 Å². The van der Waals surface area contributed by atoms with Gasteiger partial charge in [-0.05, 0) is 31.2 Å². The number of nitrogens with one attached hydrogen (secondary N) is 1. The molecule has 0 bridgehead atoms. The first-order valence-corrected chi connectivity index (χ1v) is 12.7. The molecular weight excluding hydrogens is 450 g/mol. The second-order valence-electron chi connectivity index (χ2n) is 10.3. The minimum absolute atomic E-state index is 0.0624. The summed E-state index contributed by atoms with van der Waals surface area (Å²) >= 11 is 0. The molecule has 9 heteroatoms. The molecule has 1 aliphatic heterocycles. The lowest BCUT2D eigenvalue weighted by Crippen LogP contribution is -2.55. The Balaban J connectivity index is 1.30. The molecule has 35 heavy (non-hydrogen) atoms. The van der Waals surface area contributed by atoms with Gasteiger partial charge >= 0.3 is 6.09 Å². The zero-order chi connectivity index (χ0) is 24.5. The molecule has 9 nitrogen and oxygen atoms in total. The second-order valence-corrected chi connectivity index (χ2v) is 10.3. The number of imide groups is 1. The summed E-state index contributed by atoms with van der Waals surface area (Å²) in [5, 5.41) is 25.8. The van der Waals surface area contributed by atoms with Crippen LogP contribution in [-0.4, -0.2) is 57.0 Å². The summed E-state index contributed by atoms with van der Waals surface area (Å²) in [6.45, 7) is 0.0995. The third-order valence-electron chi connectivity index (χ3n) is 8.26. The van der Waals surface area contributed by atoms with E-state index in [2.05, 4.69) is 10.5 Å². The quantitative estimate of drug-likeness (QED) is 0.446. The van der Waals surface area contributed by atoms with Gasteiger partial charge in [0.15, 0.2) is 0 Å². The maximum atomic E-state index is 13.5. The molecule has 3 N–H and O–H groups in total. The number of ether oxygens (including phenoxy) is 1. The van der Waals surface area contributed by atoms with Crippen molar-refractivity contribution >= 4 is 23.6 Å². The first-order valence-electron chi connectivity index (χ1n) is 12.7. The van der Waals surface area contributed by atoms with Crippen molar-refractivity contribution in [3.05, 3.63) is 35.9 Å². The van der Waals surface area contributed by atoms with Gasteiger partial charge in [0.1, 0.15) is 6.61 Å². The molecule has 0 spiro atoms. The molecule has 3 aliphatic carbocycles. The molecule has 0 aromatic heterocycles. The number of hydrazone groups is 1. The fraction of sp³-hybridized carbons (Fsp3) is 0.615. The van der Waals surface area contributed by atoms with Crippen LogP contribution >= 0.6 is 0 Å². The van der Waals surface area contributed by atoms with Crippen LogP contribution in [0, 0.1) is 23.7 Å². The van der Waals surface area contributed by atoms with Gasteiger partial charge in [0, 0.05) is 30.0 Å². The van der Waals surface area contributed by atoms with Crippen molar-refractivity contribution in [3.8, 4) is 0 Å². The van der Waals surface area contributed by atoms with Crippen LogP contribution in [-0.2, 0) is 20.9 Å². The lowest BCUT2D eigenvalue weighted by atomic mass is 9.60. The van der Waals surface area contributed by atoms with E-state index < -0.39 is 36.1 Å². The van der Waals surface area contributed by atoms with Crippen LogP contribution in [0.2, 0.25) is 0 Å². The van der Waals surface area contributed by atoms with Gasteiger partial charge in [-0.15, -0.1) is 0 Å². The van der Waals surface area contributed by atoms with E-state index in [-0.39, 0.29) is 36.8 Å². The first-order chi connectivity index (χ1) is 17.0. The van der Waals surface area contributed by atoms with Crippen LogP contribution < -0.4 is 5.43 Å². The summed E-state index contributed by atoms with van der Waals surface area (Å²) in [4.78, 5) is 40.5. The molecule has 4 fully saturated rings. The lowest BCUT2D eigenvalue weighted by molar-refractivity contribution is -0.145. The van der Waals surface area contributed by atoms with Crippen molar-refractivity contribution in [3.63, 3.8) is 0 Å². The van der Waals surface area contributed by atoms with Gasteiger partial charge in [0.2, 0.25) is 11.8 Å². The normalized spacial score (nSPS) is 34.5. The highest BCUT2D eigenvalue weighted by Crippen LogP contribution is 2.50. The number of amides is 3. The number of aliphatic hydroxyl groups excluding tert-OH is 2. The Morgan fingerprint density at radius 2 is 1.71 bits per heavy atom. The number of fused-ring (bicyclic) bond motifs is 3. The fourth-order valence-corrected chi connectivity index (χ4v) is 6.59. The molecule has 5 rings (SSSR count). The Bertz CT molecular complexity index is 992. The fourth-order valence-electron chi connectivity index (χ4n) is 6.59. The minimum atomic E-state index is -1.13. The number of rotatable bonds is 4. The number of benzene rings is 1. The number of nitrogens with zero attached hydrogens (tertiary/aromatic N) is 2. The van der Waals surface area contributed by atoms with Gasteiger partial charge in [-0.25, -0.2) is 10.2 Å². The topological polar surface area (TPSA) is 129 Å². The van der Waals surface area contributed by atoms with E-state index in [0.717, 1.165) is 37.7 Å². The zero-order valence-electron chi connectivity index (χ0n) is 19.7. The SMILES string of the molecule is O=C(NN=C1C[C@@H](O)[C@@H](O)[C@@H]2[C@@H]3C(=O)N(C4CCCCC4)C(=O)[C@@H]3CC[C@@H]12)OCc1ccccc1. The smallest absolute Gasteiger partial charge is 0.428 e. The summed E-state index contributed by atoms with van der Waals surface area (Å²) in [5.74, 6) is -2.38. The minimum Gasteiger partial charge on any atom is -0.443 e. The molecule has 4 aliphatic rings. The average molecular weight is 484 g/mol. The number of carbonyl (C=O) groups is 3. The Hall–Kier alpha value is -2.78. The average Bonchev–Trinajstić information content (AvgIpc) is 3.14. The number of carbonyl (C=O) groups excluding carboxylic acids is 3. The number of hydrogen-bond acceptors (Lipinski definition) is 7. The third-order valence-corrected chi connectivity index (χ3v) is 8.26. The van der Waals surface area contributed by atoms with Gasteiger partial charge < -0.3 is 14.9 Å². The summed E-state index contributed by atoms with van der Waals surface area (Å²) in [6, 6.07) is 9.21. The van der Waals surface area contributed by atoms with E-state index in [0.29, 0.717) is 18.6 Å². The highest BCUT2D eigenvalue weighted by Gasteiger charge is 2.60. The van der Waals surface area contributed by atoms with Crippen molar-refractivity contribution < 1.29 is 29.3 Å². The van der Waals surface area contributed by atoms with Gasteiger partial charge in [0.25, 0.3) is 0 Å². The van der Waals surface area contributed by atoms with Crippen molar-refractivity contribution in [2.24, 2.45) is 28.8 Å². The van der Waals surface area contributed by atoms with Gasteiger partial charge in [-0.3, -0.25) is 14.5 Å². The van der Waals surface area contributed by atoms with E-state index in [1.807, 2.05) is 30.3 Å². The maximum absolute atomic E-state index is 13.5. The van der Waals surface area contributed by atoms with Crippen molar-refractivity contribution in [2.75, 3.05) is 0 Å². The molecule has 1 heterocycles. The summed E-state index contributed by atoms with van der Waals surface area (Å²) < 4.78 is 5.21. The third kappa shape index (κ3) is 4.59. The van der Waals surface area contributed by atoms with E-state index in [1.54, 1.807) is 0 Å². The molecular formula is C26H33N3O6. The van der Waals surface area contributed by atoms with Crippen molar-refractivity contribution in [1.29, 1.82) is 0 Å². The summed E-state index contributed by atoms with van der Waals surface area (Å²) in [7, 11) is 0. The Morgan fingerprint density at radius 1 is 1.00 bits per heavy atom. The van der Waals surface area contributed by atoms with Crippen molar-refractivity contribution in [1.82, 2.24) is 10.3 Å². The second kappa shape index (κ2) is 10.1. The molecule has 3 saturated carbocycles. The highest BCUT2D eigenvalue weighted by atomic mass is 16.6. The Labute approximate surface area is 204 Å². The molecule has 1 aromatic rings. The van der Waals surface area contributed by atoms with Crippen LogP contribution in [0.15, 0.2) is 35.4 Å². The maximum Gasteiger partial charge on any atom is 0.428 e. The molecule has 6 atom stereocenters. The molecule has 1 saturated heterocycles. The van der Waals surface area contributed by atoms with Crippen molar-refractivity contribution in [2.45, 2.75) is 76.2 Å². The van der Waals surface area contributed by atoms with E-state index in [4.69, 9.17) is 4.74 Å². The largest absolute Gasteiger partial charge is 0.443 e. The first kappa shape index (κ1) is 23.9. The Kier molecular flexibility index (Phi) is 6.88. The number of hydrogen-bond donors (Lipinski definition) is 3. The summed E-state index contributed by atoms with van der Waals surface area (Å²) in [5.41, 5.74) is 3.77. The lowest BCUT2D eigenvalue weighted by Gasteiger charge is -2.45. The number of aliphatic hydroxyl groups is 2. The van der Waals surface area contributed by atoms with Gasteiger partial charge in [0.05, 0.1) is 24.0 Å². The predicted octanol–water partition coefficient (Wildman–Crippen LogP) is 2.35. The highest BCUT2D eigenvalue weighted by molar-refractivity contribution is 6.06. The van der Waals surface area contributed by atoms with Crippen LogP contribution in [0.4, 0.5) is 4.79 Å². The monoisotopic (exact) mass is 483 g/mol. The predicted molar refractivity (Wildman–Crippen MR) is 126 cm³/mol. The van der Waals surface area contributed by atoms with E-state index in [1.165, 1.54) is 4.90 Å².